The number of carboxylic acids is 1. The summed E-state index contributed by atoms with van der Waals surface area (Å²) in [5, 5.41) is 11.0. The number of halogens is 2. The number of hydrogen-bond donors (Lipinski definition) is 1. The van der Waals surface area contributed by atoms with Crippen LogP contribution in [0, 0.1) is 0 Å². The molecule has 0 saturated carbocycles. The summed E-state index contributed by atoms with van der Waals surface area (Å²) in [4.78, 5) is 14.1. The summed E-state index contributed by atoms with van der Waals surface area (Å²) < 4.78 is 6.03. The average molecular weight is 456 g/mol. The molecule has 1 aliphatic rings. The van der Waals surface area contributed by atoms with Gasteiger partial charge in [-0.3, -0.25) is 9.69 Å². The van der Waals surface area contributed by atoms with Gasteiger partial charge >= 0.3 is 5.97 Å². The third kappa shape index (κ3) is 5.04. The number of ether oxygens (including phenoxy) is 1. The van der Waals surface area contributed by atoms with E-state index in [1.165, 1.54) is 0 Å². The van der Waals surface area contributed by atoms with E-state index in [2.05, 4.69) is 0 Å². The van der Waals surface area contributed by atoms with Gasteiger partial charge in [0.1, 0.15) is 17.5 Å². The van der Waals surface area contributed by atoms with E-state index in [1.54, 1.807) is 12.1 Å². The highest BCUT2D eigenvalue weighted by Crippen LogP contribution is 2.39. The fraction of sp³-hybridized carbons (Fsp3) is 0.240. The number of aliphatic carboxylic acids is 1. The minimum Gasteiger partial charge on any atom is -0.480 e. The van der Waals surface area contributed by atoms with Crippen LogP contribution < -0.4 is 4.74 Å². The molecular formula is C25H23Cl2NO3. The van der Waals surface area contributed by atoms with E-state index in [4.69, 9.17) is 27.9 Å². The first-order chi connectivity index (χ1) is 15.0. The predicted octanol–water partition coefficient (Wildman–Crippen LogP) is 6.81. The summed E-state index contributed by atoms with van der Waals surface area (Å²) in [6.45, 7) is 0.671. The number of benzene rings is 3. The molecule has 0 amide bonds. The summed E-state index contributed by atoms with van der Waals surface area (Å²) in [5.41, 5.74) is 1.75. The molecule has 31 heavy (non-hydrogen) atoms. The molecule has 0 aromatic heterocycles. The maximum Gasteiger partial charge on any atom is 0.320 e. The summed E-state index contributed by atoms with van der Waals surface area (Å²) in [6.07, 6.45) is 2.44. The Balaban J connectivity index is 1.77. The molecule has 1 heterocycles. The van der Waals surface area contributed by atoms with E-state index >= 15 is 0 Å². The van der Waals surface area contributed by atoms with Gasteiger partial charge in [0.15, 0.2) is 0 Å². The second-order valence-corrected chi connectivity index (χ2v) is 8.49. The van der Waals surface area contributed by atoms with Gasteiger partial charge in [0.25, 0.3) is 0 Å². The summed E-state index contributed by atoms with van der Waals surface area (Å²) in [5.74, 6) is 0.608. The van der Waals surface area contributed by atoms with Gasteiger partial charge in [-0.15, -0.1) is 0 Å². The Morgan fingerprint density at radius 3 is 2.48 bits per heavy atom. The lowest BCUT2D eigenvalue weighted by Crippen LogP contribution is -2.46. The Bertz CT molecular complexity index is 1060. The standard InChI is InChI=1S/C25H23Cl2NO3/c26-18-12-13-21(22(27)16-18)24(28-14-5-4-11-23(28)25(29)30)17-7-6-10-20(15-17)31-19-8-2-1-3-9-19/h1-3,6-10,12-13,15-16,23-24H,4-5,11,14H2,(H,29,30). The van der Waals surface area contributed by atoms with E-state index in [1.807, 2.05) is 65.6 Å². The van der Waals surface area contributed by atoms with Gasteiger partial charge in [-0.2, -0.15) is 0 Å². The molecule has 0 aliphatic carbocycles. The first kappa shape index (κ1) is 21.7. The van der Waals surface area contributed by atoms with E-state index in [9.17, 15) is 9.90 Å². The minimum atomic E-state index is -0.813. The van der Waals surface area contributed by atoms with Crippen molar-refractivity contribution < 1.29 is 14.6 Å². The normalized spacial score (nSPS) is 17.8. The second kappa shape index (κ2) is 9.73. The molecular weight excluding hydrogens is 433 g/mol. The molecule has 1 saturated heterocycles. The fourth-order valence-electron chi connectivity index (χ4n) is 4.17. The quantitative estimate of drug-likeness (QED) is 0.443. The topological polar surface area (TPSA) is 49.8 Å². The van der Waals surface area contributed by atoms with Crippen molar-refractivity contribution in [3.8, 4) is 11.5 Å². The highest BCUT2D eigenvalue weighted by molar-refractivity contribution is 6.35. The zero-order valence-corrected chi connectivity index (χ0v) is 18.4. The van der Waals surface area contributed by atoms with Gasteiger partial charge in [0, 0.05) is 10.0 Å². The van der Waals surface area contributed by atoms with E-state index in [0.717, 1.165) is 29.7 Å². The maximum absolute atomic E-state index is 12.1. The monoisotopic (exact) mass is 455 g/mol. The van der Waals surface area contributed by atoms with Crippen molar-refractivity contribution in [2.75, 3.05) is 6.54 Å². The smallest absolute Gasteiger partial charge is 0.320 e. The number of likely N-dealkylation sites (tertiary alicyclic amines) is 1. The minimum absolute atomic E-state index is 0.328. The molecule has 3 aromatic carbocycles. The molecule has 1 aliphatic heterocycles. The Morgan fingerprint density at radius 1 is 0.968 bits per heavy atom. The van der Waals surface area contributed by atoms with Crippen molar-refractivity contribution in [1.29, 1.82) is 0 Å². The van der Waals surface area contributed by atoms with Crippen LogP contribution in [0.15, 0.2) is 72.8 Å². The molecule has 3 aromatic rings. The zero-order chi connectivity index (χ0) is 21.8. The number of nitrogens with zero attached hydrogens (tertiary/aromatic N) is 1. The Hall–Kier alpha value is -2.53. The van der Waals surface area contributed by atoms with Crippen molar-refractivity contribution in [3.05, 3.63) is 94.0 Å². The molecule has 160 valence electrons. The molecule has 4 rings (SSSR count). The zero-order valence-electron chi connectivity index (χ0n) is 16.9. The Labute approximate surface area is 192 Å². The third-order valence-electron chi connectivity index (χ3n) is 5.57. The van der Waals surface area contributed by atoms with Gasteiger partial charge in [0.2, 0.25) is 0 Å². The van der Waals surface area contributed by atoms with Gasteiger partial charge in [-0.05, 0) is 66.9 Å². The van der Waals surface area contributed by atoms with Crippen LogP contribution in [-0.4, -0.2) is 28.6 Å². The lowest BCUT2D eigenvalue weighted by atomic mass is 9.91. The summed E-state index contributed by atoms with van der Waals surface area (Å²) in [6, 6.07) is 21.8. The molecule has 2 atom stereocenters. The summed E-state index contributed by atoms with van der Waals surface area (Å²) in [7, 11) is 0. The van der Waals surface area contributed by atoms with Crippen LogP contribution >= 0.6 is 23.2 Å². The highest BCUT2D eigenvalue weighted by Gasteiger charge is 2.36. The molecule has 2 unspecified atom stereocenters. The number of para-hydroxylation sites is 1. The van der Waals surface area contributed by atoms with Crippen LogP contribution in [0.25, 0.3) is 0 Å². The molecule has 4 nitrogen and oxygen atoms in total. The van der Waals surface area contributed by atoms with Crippen molar-refractivity contribution in [2.24, 2.45) is 0 Å². The van der Waals surface area contributed by atoms with Gasteiger partial charge in [-0.1, -0.05) is 66.0 Å². The van der Waals surface area contributed by atoms with Crippen LogP contribution in [0.3, 0.4) is 0 Å². The molecule has 1 N–H and O–H groups in total. The second-order valence-electron chi connectivity index (χ2n) is 7.64. The highest BCUT2D eigenvalue weighted by atomic mass is 35.5. The average Bonchev–Trinajstić information content (AvgIpc) is 2.77. The Kier molecular flexibility index (Phi) is 6.81. The van der Waals surface area contributed by atoms with Gasteiger partial charge < -0.3 is 9.84 Å². The largest absolute Gasteiger partial charge is 0.480 e. The van der Waals surface area contributed by atoms with Crippen molar-refractivity contribution >= 4 is 29.2 Å². The van der Waals surface area contributed by atoms with E-state index < -0.39 is 12.0 Å². The maximum atomic E-state index is 12.1. The third-order valence-corrected chi connectivity index (χ3v) is 6.13. The predicted molar refractivity (Wildman–Crippen MR) is 123 cm³/mol. The molecule has 0 bridgehead atoms. The number of carboxylic acid groups (broad SMARTS) is 1. The lowest BCUT2D eigenvalue weighted by Gasteiger charge is -2.40. The SMILES string of the molecule is O=C(O)C1CCCCN1C(c1cccc(Oc2ccccc2)c1)c1ccc(Cl)cc1Cl. The first-order valence-corrected chi connectivity index (χ1v) is 11.0. The van der Waals surface area contributed by atoms with Crippen LogP contribution in [0.1, 0.15) is 36.4 Å². The van der Waals surface area contributed by atoms with Crippen molar-refractivity contribution in [1.82, 2.24) is 4.90 Å². The number of hydrogen-bond acceptors (Lipinski definition) is 3. The van der Waals surface area contributed by atoms with E-state index in [0.29, 0.717) is 28.8 Å². The number of rotatable bonds is 6. The summed E-state index contributed by atoms with van der Waals surface area (Å²) >= 11 is 12.7. The first-order valence-electron chi connectivity index (χ1n) is 10.3. The van der Waals surface area contributed by atoms with Crippen LogP contribution in [0.5, 0.6) is 11.5 Å². The molecule has 0 spiro atoms. The van der Waals surface area contributed by atoms with Crippen LogP contribution in [0.2, 0.25) is 10.0 Å². The molecule has 0 radical (unpaired) electrons. The van der Waals surface area contributed by atoms with Crippen LogP contribution in [-0.2, 0) is 4.79 Å². The number of piperidine rings is 1. The van der Waals surface area contributed by atoms with Crippen molar-refractivity contribution in [3.63, 3.8) is 0 Å². The molecule has 1 fully saturated rings. The van der Waals surface area contributed by atoms with Gasteiger partial charge in [-0.25, -0.2) is 0 Å². The molecule has 6 heteroatoms. The Morgan fingerprint density at radius 2 is 1.74 bits per heavy atom. The van der Waals surface area contributed by atoms with Crippen LogP contribution in [0.4, 0.5) is 0 Å². The van der Waals surface area contributed by atoms with Gasteiger partial charge in [0.05, 0.1) is 6.04 Å². The van der Waals surface area contributed by atoms with E-state index in [-0.39, 0.29) is 6.04 Å². The number of carbonyl (C=O) groups is 1. The lowest BCUT2D eigenvalue weighted by molar-refractivity contribution is -0.145. The van der Waals surface area contributed by atoms with Crippen molar-refractivity contribution in [2.45, 2.75) is 31.3 Å². The fourth-order valence-corrected chi connectivity index (χ4v) is 4.69.